The lowest BCUT2D eigenvalue weighted by Crippen LogP contribution is -2.54. The Bertz CT molecular complexity index is 734. The van der Waals surface area contributed by atoms with Crippen LogP contribution in [0, 0.1) is 0 Å². The normalized spacial score (nSPS) is 17.7. The van der Waals surface area contributed by atoms with Crippen LogP contribution in [0.2, 0.25) is 0 Å². The van der Waals surface area contributed by atoms with Crippen molar-refractivity contribution in [2.45, 2.75) is 53.0 Å². The largest absolute Gasteiger partial charge is 0.357 e. The van der Waals surface area contributed by atoms with Gasteiger partial charge in [0.2, 0.25) is 5.91 Å². The van der Waals surface area contributed by atoms with Crippen molar-refractivity contribution in [3.05, 3.63) is 17.0 Å². The lowest BCUT2D eigenvalue weighted by molar-refractivity contribution is -0.131. The minimum Gasteiger partial charge on any atom is -0.357 e. The third-order valence-corrected chi connectivity index (χ3v) is 6.24. The number of carbonyl (C=O) groups excluding carboxylic acids is 1. The number of carbonyl (C=O) groups is 1. The highest BCUT2D eigenvalue weighted by atomic mass is 127. The topological polar surface area (TPSA) is 69.0 Å². The molecule has 1 amide bonds. The van der Waals surface area contributed by atoms with Crippen molar-refractivity contribution >= 4 is 35.8 Å². The van der Waals surface area contributed by atoms with Gasteiger partial charge in [-0.2, -0.15) is 5.10 Å². The molecule has 0 aliphatic carbocycles. The SMILES string of the molecule is CCNC(=NCc1c(CC)nn(C)c1CC)N1CCN(CC(=O)N2CCCC2)CC1.I. The highest BCUT2D eigenvalue weighted by Crippen LogP contribution is 2.17. The summed E-state index contributed by atoms with van der Waals surface area (Å²) in [6.45, 7) is 14.0. The second-order valence-corrected chi connectivity index (χ2v) is 8.22. The number of amides is 1. The number of hydrogen-bond donors (Lipinski definition) is 1. The van der Waals surface area contributed by atoms with Gasteiger partial charge in [-0.25, -0.2) is 4.99 Å². The molecule has 9 heteroatoms. The van der Waals surface area contributed by atoms with E-state index in [4.69, 9.17) is 4.99 Å². The van der Waals surface area contributed by atoms with Gasteiger partial charge < -0.3 is 15.1 Å². The van der Waals surface area contributed by atoms with Crippen LogP contribution in [0.3, 0.4) is 0 Å². The first-order valence-electron chi connectivity index (χ1n) is 11.6. The zero-order valence-electron chi connectivity index (χ0n) is 19.7. The Morgan fingerprint density at radius 1 is 1.00 bits per heavy atom. The molecule has 0 radical (unpaired) electrons. The number of aromatic nitrogens is 2. The molecule has 1 aromatic heterocycles. The molecule has 0 spiro atoms. The van der Waals surface area contributed by atoms with Crippen LogP contribution >= 0.6 is 24.0 Å². The molecule has 0 aromatic carbocycles. The predicted octanol–water partition coefficient (Wildman–Crippen LogP) is 1.87. The first kappa shape index (κ1) is 25.9. The molecule has 1 aromatic rings. The van der Waals surface area contributed by atoms with Gasteiger partial charge in [-0.05, 0) is 32.6 Å². The molecule has 0 unspecified atom stereocenters. The van der Waals surface area contributed by atoms with Crippen LogP contribution in [0.4, 0.5) is 0 Å². The van der Waals surface area contributed by atoms with Crippen LogP contribution in [0.15, 0.2) is 4.99 Å². The molecule has 3 rings (SSSR count). The number of aliphatic imine (C=N–C) groups is 1. The van der Waals surface area contributed by atoms with Gasteiger partial charge in [-0.3, -0.25) is 14.4 Å². The maximum absolute atomic E-state index is 12.4. The maximum Gasteiger partial charge on any atom is 0.236 e. The zero-order chi connectivity index (χ0) is 21.5. The van der Waals surface area contributed by atoms with Gasteiger partial charge in [0.25, 0.3) is 0 Å². The molecule has 2 aliphatic rings. The van der Waals surface area contributed by atoms with E-state index in [1.54, 1.807) is 0 Å². The molecule has 176 valence electrons. The van der Waals surface area contributed by atoms with E-state index in [1.807, 2.05) is 16.6 Å². The van der Waals surface area contributed by atoms with Gasteiger partial charge in [0.05, 0.1) is 18.8 Å². The summed E-state index contributed by atoms with van der Waals surface area (Å²) in [4.78, 5) is 24.0. The number of likely N-dealkylation sites (tertiary alicyclic amines) is 1. The summed E-state index contributed by atoms with van der Waals surface area (Å²) in [7, 11) is 2.03. The standard InChI is InChI=1S/C22H39N7O.HI/c1-5-19-18(20(6-2)26(4)25-19)16-24-22(23-7-3)29-14-12-27(13-15-29)17-21(30)28-10-8-9-11-28;/h5-17H2,1-4H3,(H,23,24);1H. The van der Waals surface area contributed by atoms with E-state index in [9.17, 15) is 4.79 Å². The second-order valence-electron chi connectivity index (χ2n) is 8.22. The molecular formula is C22H40IN7O. The third kappa shape index (κ3) is 6.57. The van der Waals surface area contributed by atoms with Crippen LogP contribution in [-0.2, 0) is 31.2 Å². The van der Waals surface area contributed by atoms with Crippen LogP contribution in [0.25, 0.3) is 0 Å². The van der Waals surface area contributed by atoms with Gasteiger partial charge in [-0.1, -0.05) is 13.8 Å². The highest BCUT2D eigenvalue weighted by Gasteiger charge is 2.24. The van der Waals surface area contributed by atoms with Crippen LogP contribution in [0.5, 0.6) is 0 Å². The van der Waals surface area contributed by atoms with Crippen molar-refractivity contribution in [1.82, 2.24) is 29.8 Å². The second kappa shape index (κ2) is 12.6. The Balaban J connectivity index is 0.00000341. The average molecular weight is 546 g/mol. The summed E-state index contributed by atoms with van der Waals surface area (Å²) in [6.07, 6.45) is 4.20. The van der Waals surface area contributed by atoms with Gasteiger partial charge >= 0.3 is 0 Å². The maximum atomic E-state index is 12.4. The lowest BCUT2D eigenvalue weighted by Gasteiger charge is -2.36. The van der Waals surface area contributed by atoms with E-state index in [-0.39, 0.29) is 29.9 Å². The van der Waals surface area contributed by atoms with Crippen molar-refractivity contribution in [3.63, 3.8) is 0 Å². The van der Waals surface area contributed by atoms with E-state index in [0.29, 0.717) is 13.1 Å². The summed E-state index contributed by atoms with van der Waals surface area (Å²) >= 11 is 0. The fraction of sp³-hybridized carbons (Fsp3) is 0.773. The van der Waals surface area contributed by atoms with Crippen molar-refractivity contribution in [3.8, 4) is 0 Å². The Morgan fingerprint density at radius 2 is 1.68 bits per heavy atom. The quantitative estimate of drug-likeness (QED) is 0.322. The molecule has 31 heavy (non-hydrogen) atoms. The number of nitrogens with zero attached hydrogens (tertiary/aromatic N) is 6. The Hall–Kier alpha value is -1.36. The molecule has 0 saturated carbocycles. The first-order valence-corrected chi connectivity index (χ1v) is 11.6. The number of guanidine groups is 1. The van der Waals surface area contributed by atoms with Crippen molar-refractivity contribution in [2.75, 3.05) is 52.4 Å². The van der Waals surface area contributed by atoms with E-state index in [1.165, 1.54) is 11.3 Å². The Kier molecular flexibility index (Phi) is 10.5. The summed E-state index contributed by atoms with van der Waals surface area (Å²) in [5, 5.41) is 8.14. The highest BCUT2D eigenvalue weighted by molar-refractivity contribution is 14.0. The van der Waals surface area contributed by atoms with E-state index >= 15 is 0 Å². The number of nitrogens with one attached hydrogen (secondary N) is 1. The molecular weight excluding hydrogens is 505 g/mol. The first-order chi connectivity index (χ1) is 14.6. The van der Waals surface area contributed by atoms with Crippen LogP contribution in [0.1, 0.15) is 50.6 Å². The number of hydrogen-bond acceptors (Lipinski definition) is 4. The number of aryl methyl sites for hydroxylation is 2. The van der Waals surface area contributed by atoms with Crippen molar-refractivity contribution in [1.29, 1.82) is 0 Å². The lowest BCUT2D eigenvalue weighted by atomic mass is 10.1. The molecule has 2 saturated heterocycles. The molecule has 8 nitrogen and oxygen atoms in total. The molecule has 0 atom stereocenters. The fourth-order valence-corrected chi connectivity index (χ4v) is 4.53. The fourth-order valence-electron chi connectivity index (χ4n) is 4.53. The Morgan fingerprint density at radius 3 is 2.26 bits per heavy atom. The van der Waals surface area contributed by atoms with Gasteiger partial charge in [0.1, 0.15) is 0 Å². The van der Waals surface area contributed by atoms with Crippen molar-refractivity contribution in [2.24, 2.45) is 12.0 Å². The molecule has 0 bridgehead atoms. The summed E-state index contributed by atoms with van der Waals surface area (Å²) in [6, 6.07) is 0. The number of rotatable bonds is 7. The minimum absolute atomic E-state index is 0. The minimum atomic E-state index is 0. The predicted molar refractivity (Wildman–Crippen MR) is 136 cm³/mol. The summed E-state index contributed by atoms with van der Waals surface area (Å²) in [5.41, 5.74) is 3.70. The molecule has 3 heterocycles. The monoisotopic (exact) mass is 545 g/mol. The summed E-state index contributed by atoms with van der Waals surface area (Å²) in [5.74, 6) is 1.26. The van der Waals surface area contributed by atoms with Crippen LogP contribution < -0.4 is 5.32 Å². The smallest absolute Gasteiger partial charge is 0.236 e. The van der Waals surface area contributed by atoms with E-state index < -0.39 is 0 Å². The van der Waals surface area contributed by atoms with Gasteiger partial charge in [0, 0.05) is 64.1 Å². The Labute approximate surface area is 204 Å². The number of piperazine rings is 1. The van der Waals surface area contributed by atoms with E-state index in [0.717, 1.165) is 83.2 Å². The number of halogens is 1. The molecule has 2 fully saturated rings. The van der Waals surface area contributed by atoms with Gasteiger partial charge in [-0.15, -0.1) is 24.0 Å². The van der Waals surface area contributed by atoms with E-state index in [2.05, 4.69) is 41.0 Å². The summed E-state index contributed by atoms with van der Waals surface area (Å²) < 4.78 is 2.01. The molecule has 2 aliphatic heterocycles. The zero-order valence-corrected chi connectivity index (χ0v) is 22.0. The molecule has 1 N–H and O–H groups in total. The van der Waals surface area contributed by atoms with Gasteiger partial charge in [0.15, 0.2) is 5.96 Å². The third-order valence-electron chi connectivity index (χ3n) is 6.24. The van der Waals surface area contributed by atoms with Crippen molar-refractivity contribution < 1.29 is 4.79 Å². The van der Waals surface area contributed by atoms with Crippen LogP contribution in [-0.4, -0.2) is 88.7 Å². The average Bonchev–Trinajstić information content (AvgIpc) is 3.39.